The molecule has 38 heavy (non-hydrogen) atoms. The van der Waals surface area contributed by atoms with Crippen molar-refractivity contribution in [3.05, 3.63) is 103 Å². The largest absolute Gasteiger partial charge is 0.481 e. The molecule has 4 rings (SSSR count). The normalized spacial score (nSPS) is 12.9. The number of hydrogen-bond donors (Lipinski definition) is 3. The fraction of sp³-hybridized carbons (Fsp3) is 0.241. The van der Waals surface area contributed by atoms with E-state index in [0.29, 0.717) is 25.7 Å². The zero-order valence-corrected chi connectivity index (χ0v) is 23.6. The van der Waals surface area contributed by atoms with E-state index in [2.05, 4.69) is 17.2 Å². The third kappa shape index (κ3) is 6.29. The maximum atomic E-state index is 12.5. The molecule has 0 fully saturated rings. The summed E-state index contributed by atoms with van der Waals surface area (Å²) in [6.45, 7) is 2.20. The van der Waals surface area contributed by atoms with E-state index >= 15 is 0 Å². The SMILES string of the molecule is CCCC(c1ccc(C(=O)NCCC(=O)O)cc1)C(c1ccc(Cl)c(Cl)c1)c1c[nH]c2cc(Cl)c(Cl)cc12. The van der Waals surface area contributed by atoms with Crippen molar-refractivity contribution in [3.8, 4) is 0 Å². The number of aromatic amines is 1. The number of aromatic nitrogens is 1. The standard InChI is InChI=1S/C29H26Cl4N2O3/c1-2-3-19(16-4-6-17(7-5-16)29(38)34-11-10-27(36)37)28(18-8-9-22(30)23(31)12-18)21-15-35-26-14-25(33)24(32)13-20(21)26/h4-9,12-15,19,28,35H,2-3,10-11H2,1H3,(H,34,38)(H,36,37). The predicted octanol–water partition coefficient (Wildman–Crippen LogP) is 8.70. The van der Waals surface area contributed by atoms with E-state index in [1.165, 1.54) is 0 Å². The first-order chi connectivity index (χ1) is 18.2. The molecule has 198 valence electrons. The topological polar surface area (TPSA) is 82.2 Å². The van der Waals surface area contributed by atoms with Crippen molar-refractivity contribution in [2.75, 3.05) is 6.54 Å². The summed E-state index contributed by atoms with van der Waals surface area (Å²) < 4.78 is 0. The number of carbonyl (C=O) groups is 2. The number of carboxylic acid groups (broad SMARTS) is 1. The number of hydrogen-bond acceptors (Lipinski definition) is 2. The second kappa shape index (κ2) is 12.4. The van der Waals surface area contributed by atoms with Gasteiger partial charge >= 0.3 is 5.97 Å². The molecule has 4 aromatic rings. The van der Waals surface area contributed by atoms with Crippen LogP contribution in [0.15, 0.2) is 60.8 Å². The number of nitrogens with one attached hydrogen (secondary N) is 2. The lowest BCUT2D eigenvalue weighted by Gasteiger charge is -2.29. The lowest BCUT2D eigenvalue weighted by molar-refractivity contribution is -0.136. The minimum absolute atomic E-state index is 0.0369. The highest BCUT2D eigenvalue weighted by atomic mass is 35.5. The number of amides is 1. The molecule has 9 heteroatoms. The number of fused-ring (bicyclic) bond motifs is 1. The van der Waals surface area contributed by atoms with E-state index in [1.807, 2.05) is 42.6 Å². The highest BCUT2D eigenvalue weighted by molar-refractivity contribution is 6.43. The number of carbonyl (C=O) groups excluding carboxylic acids is 1. The van der Waals surface area contributed by atoms with Gasteiger partial charge in [-0.05, 0) is 65.4 Å². The Bertz CT molecular complexity index is 1470. The molecule has 2 atom stereocenters. The smallest absolute Gasteiger partial charge is 0.305 e. The quantitative estimate of drug-likeness (QED) is 0.172. The first-order valence-corrected chi connectivity index (χ1v) is 13.7. The summed E-state index contributed by atoms with van der Waals surface area (Å²) in [6, 6.07) is 16.8. The predicted molar refractivity (Wildman–Crippen MR) is 155 cm³/mol. The van der Waals surface area contributed by atoms with E-state index in [9.17, 15) is 9.59 Å². The van der Waals surface area contributed by atoms with Crippen molar-refractivity contribution in [2.24, 2.45) is 0 Å². The lowest BCUT2D eigenvalue weighted by atomic mass is 9.75. The molecule has 0 bridgehead atoms. The lowest BCUT2D eigenvalue weighted by Crippen LogP contribution is -2.26. The van der Waals surface area contributed by atoms with Crippen LogP contribution in [-0.4, -0.2) is 28.5 Å². The molecule has 1 heterocycles. The summed E-state index contributed by atoms with van der Waals surface area (Å²) in [7, 11) is 0. The van der Waals surface area contributed by atoms with Gasteiger partial charge in [0.1, 0.15) is 0 Å². The minimum Gasteiger partial charge on any atom is -0.481 e. The summed E-state index contributed by atoms with van der Waals surface area (Å²) in [4.78, 5) is 26.6. The zero-order valence-electron chi connectivity index (χ0n) is 20.5. The van der Waals surface area contributed by atoms with Gasteiger partial charge in [-0.2, -0.15) is 0 Å². The van der Waals surface area contributed by atoms with Gasteiger partial charge in [0, 0.05) is 35.1 Å². The van der Waals surface area contributed by atoms with Crippen molar-refractivity contribution in [2.45, 2.75) is 38.0 Å². The van der Waals surface area contributed by atoms with Crippen LogP contribution in [0.2, 0.25) is 20.1 Å². The van der Waals surface area contributed by atoms with Gasteiger partial charge in [0.2, 0.25) is 0 Å². The van der Waals surface area contributed by atoms with Crippen LogP contribution < -0.4 is 5.32 Å². The molecule has 0 saturated carbocycles. The average molecular weight is 592 g/mol. The van der Waals surface area contributed by atoms with E-state index in [1.54, 1.807) is 18.2 Å². The van der Waals surface area contributed by atoms with Crippen molar-refractivity contribution < 1.29 is 14.7 Å². The first-order valence-electron chi connectivity index (χ1n) is 12.2. The molecule has 1 aromatic heterocycles. The highest BCUT2D eigenvalue weighted by Crippen LogP contribution is 2.45. The Morgan fingerprint density at radius 3 is 2.21 bits per heavy atom. The second-order valence-electron chi connectivity index (χ2n) is 9.12. The van der Waals surface area contributed by atoms with Crippen LogP contribution in [0.5, 0.6) is 0 Å². The molecule has 0 aliphatic heterocycles. The number of carboxylic acids is 1. The van der Waals surface area contributed by atoms with Crippen molar-refractivity contribution >= 4 is 69.2 Å². The molecular weight excluding hydrogens is 566 g/mol. The van der Waals surface area contributed by atoms with Gasteiger partial charge in [-0.1, -0.05) is 77.9 Å². The van der Waals surface area contributed by atoms with Crippen LogP contribution in [0.3, 0.4) is 0 Å². The number of benzene rings is 3. The third-order valence-corrected chi connectivity index (χ3v) is 8.08. The monoisotopic (exact) mass is 590 g/mol. The summed E-state index contributed by atoms with van der Waals surface area (Å²) in [5.41, 5.74) is 4.45. The molecule has 3 aromatic carbocycles. The Morgan fingerprint density at radius 1 is 0.895 bits per heavy atom. The summed E-state index contributed by atoms with van der Waals surface area (Å²) in [5, 5.41) is 14.3. The van der Waals surface area contributed by atoms with Crippen LogP contribution in [0, 0.1) is 0 Å². The summed E-state index contributed by atoms with van der Waals surface area (Å²) in [6.07, 6.45) is 3.64. The molecule has 5 nitrogen and oxygen atoms in total. The van der Waals surface area contributed by atoms with Crippen LogP contribution in [-0.2, 0) is 4.79 Å². The Balaban J connectivity index is 1.78. The molecule has 1 amide bonds. The van der Waals surface area contributed by atoms with Gasteiger partial charge < -0.3 is 15.4 Å². The third-order valence-electron chi connectivity index (χ3n) is 6.62. The molecule has 0 radical (unpaired) electrons. The minimum atomic E-state index is -0.961. The second-order valence-corrected chi connectivity index (χ2v) is 10.8. The zero-order chi connectivity index (χ0) is 27.4. The van der Waals surface area contributed by atoms with Gasteiger partial charge in [0.15, 0.2) is 0 Å². The Labute approximate surface area is 241 Å². The van der Waals surface area contributed by atoms with Crippen LogP contribution in [0.1, 0.15) is 65.1 Å². The Morgan fingerprint density at radius 2 is 1.55 bits per heavy atom. The fourth-order valence-electron chi connectivity index (χ4n) is 4.83. The van der Waals surface area contributed by atoms with Gasteiger partial charge in [-0.15, -0.1) is 0 Å². The van der Waals surface area contributed by atoms with E-state index in [-0.39, 0.29) is 30.7 Å². The number of aliphatic carboxylic acids is 1. The van der Waals surface area contributed by atoms with Crippen molar-refractivity contribution in [3.63, 3.8) is 0 Å². The van der Waals surface area contributed by atoms with Crippen molar-refractivity contribution in [1.82, 2.24) is 10.3 Å². The molecule has 3 N–H and O–H groups in total. The summed E-state index contributed by atoms with van der Waals surface area (Å²) in [5.74, 6) is -1.34. The molecule has 0 aliphatic rings. The van der Waals surface area contributed by atoms with Gasteiger partial charge in [-0.25, -0.2) is 0 Å². The average Bonchev–Trinajstić information content (AvgIpc) is 3.28. The number of rotatable bonds is 10. The molecule has 0 spiro atoms. The highest BCUT2D eigenvalue weighted by Gasteiger charge is 2.29. The van der Waals surface area contributed by atoms with Gasteiger partial charge in [-0.3, -0.25) is 9.59 Å². The maximum Gasteiger partial charge on any atom is 0.305 e. The summed E-state index contributed by atoms with van der Waals surface area (Å²) >= 11 is 25.4. The molecule has 0 saturated heterocycles. The number of halogens is 4. The van der Waals surface area contributed by atoms with Crippen LogP contribution >= 0.6 is 46.4 Å². The van der Waals surface area contributed by atoms with Crippen LogP contribution in [0.4, 0.5) is 0 Å². The van der Waals surface area contributed by atoms with E-state index in [4.69, 9.17) is 51.5 Å². The Kier molecular flexibility index (Phi) is 9.27. The van der Waals surface area contributed by atoms with Gasteiger partial charge in [0.05, 0.1) is 26.5 Å². The van der Waals surface area contributed by atoms with Gasteiger partial charge in [0.25, 0.3) is 5.91 Å². The molecular formula is C29H26Cl4N2O3. The fourth-order valence-corrected chi connectivity index (χ4v) is 5.47. The molecule has 0 aliphatic carbocycles. The maximum absolute atomic E-state index is 12.5. The van der Waals surface area contributed by atoms with Crippen LogP contribution in [0.25, 0.3) is 10.9 Å². The van der Waals surface area contributed by atoms with Crippen molar-refractivity contribution in [1.29, 1.82) is 0 Å². The van der Waals surface area contributed by atoms with E-state index < -0.39 is 5.97 Å². The van der Waals surface area contributed by atoms with E-state index in [0.717, 1.165) is 40.4 Å². The molecule has 2 unspecified atom stereocenters. The first kappa shape index (κ1) is 28.3. The number of H-pyrrole nitrogens is 1. The Hall–Kier alpha value is -2.70.